The Morgan fingerprint density at radius 1 is 1.35 bits per heavy atom. The van der Waals surface area contributed by atoms with Crippen molar-refractivity contribution in [3.63, 3.8) is 0 Å². The van der Waals surface area contributed by atoms with Gasteiger partial charge < -0.3 is 10.1 Å². The van der Waals surface area contributed by atoms with Crippen molar-refractivity contribution in [1.82, 2.24) is 5.32 Å². The fraction of sp³-hybridized carbons (Fsp3) is 0.647. The average Bonchev–Trinajstić information content (AvgIpc) is 2.46. The van der Waals surface area contributed by atoms with E-state index >= 15 is 0 Å². The van der Waals surface area contributed by atoms with E-state index in [4.69, 9.17) is 4.74 Å². The Labute approximate surface area is 126 Å². The summed E-state index contributed by atoms with van der Waals surface area (Å²) < 4.78 is 5.91. The molecule has 0 amide bonds. The molecule has 1 unspecified atom stereocenters. The maximum atomic E-state index is 5.40. The number of hydrogen-bond donors (Lipinski definition) is 1. The van der Waals surface area contributed by atoms with E-state index in [1.54, 1.807) is 7.11 Å². The molecular weight excluding hydrogens is 266 g/mol. The summed E-state index contributed by atoms with van der Waals surface area (Å²) in [5, 5.41) is 3.85. The lowest BCUT2D eigenvalue weighted by atomic mass is 9.82. The van der Waals surface area contributed by atoms with Gasteiger partial charge in [0.1, 0.15) is 5.75 Å². The molecule has 0 radical (unpaired) electrons. The van der Waals surface area contributed by atoms with Gasteiger partial charge >= 0.3 is 0 Å². The zero-order valence-electron chi connectivity index (χ0n) is 12.6. The first-order valence-corrected chi connectivity index (χ1v) is 8.94. The topological polar surface area (TPSA) is 21.3 Å². The number of rotatable bonds is 5. The minimum absolute atomic E-state index is 0.510. The van der Waals surface area contributed by atoms with Crippen LogP contribution in [0.4, 0.5) is 0 Å². The van der Waals surface area contributed by atoms with Gasteiger partial charge in [0, 0.05) is 17.3 Å². The smallest absolute Gasteiger partial charge is 0.119 e. The van der Waals surface area contributed by atoms with Gasteiger partial charge in [-0.25, -0.2) is 0 Å². The highest BCUT2D eigenvalue weighted by Gasteiger charge is 2.36. The number of methoxy groups -OCH3 is 1. The van der Waals surface area contributed by atoms with E-state index < -0.39 is 0 Å². The van der Waals surface area contributed by atoms with Gasteiger partial charge in [-0.05, 0) is 61.6 Å². The van der Waals surface area contributed by atoms with E-state index in [9.17, 15) is 0 Å². The number of fused-ring (bicyclic) bond motifs is 1. The molecule has 1 N–H and O–H groups in total. The summed E-state index contributed by atoms with van der Waals surface area (Å²) >= 11 is 2.05. The molecule has 0 aromatic heterocycles. The second-order valence-electron chi connectivity index (χ2n) is 6.13. The van der Waals surface area contributed by atoms with Crippen LogP contribution in [0.15, 0.2) is 18.2 Å². The highest BCUT2D eigenvalue weighted by Crippen LogP contribution is 2.43. The summed E-state index contributed by atoms with van der Waals surface area (Å²) in [6, 6.07) is 7.09. The summed E-state index contributed by atoms with van der Waals surface area (Å²) in [6.45, 7) is 1.15. The van der Waals surface area contributed by atoms with Crippen molar-refractivity contribution in [2.24, 2.45) is 0 Å². The third kappa shape index (κ3) is 2.71. The van der Waals surface area contributed by atoms with Crippen molar-refractivity contribution in [2.45, 2.75) is 49.3 Å². The normalized spacial score (nSPS) is 23.8. The summed E-state index contributed by atoms with van der Waals surface area (Å²) in [5.74, 6) is 0.987. The molecule has 1 fully saturated rings. The molecule has 0 aliphatic heterocycles. The number of ether oxygens (including phenoxy) is 1. The lowest BCUT2D eigenvalue weighted by Gasteiger charge is -2.42. The standard InChI is InChI=1S/C17H25NOS/c1-19-14-8-7-13-5-3-6-16(15(13)11-14)18-12-17(20-2)9-4-10-17/h7-8,11,16,18H,3-6,9-10,12H2,1-2H3. The number of nitrogens with one attached hydrogen (secondary N) is 1. The maximum Gasteiger partial charge on any atom is 0.119 e. The third-order valence-electron chi connectivity index (χ3n) is 5.04. The van der Waals surface area contributed by atoms with Gasteiger partial charge in [0.2, 0.25) is 0 Å². The van der Waals surface area contributed by atoms with Gasteiger partial charge in [0.25, 0.3) is 0 Å². The zero-order chi connectivity index (χ0) is 14.0. The van der Waals surface area contributed by atoms with Crippen LogP contribution in [0, 0.1) is 0 Å². The van der Waals surface area contributed by atoms with Gasteiger partial charge in [-0.3, -0.25) is 0 Å². The van der Waals surface area contributed by atoms with Gasteiger partial charge in [0.15, 0.2) is 0 Å². The van der Waals surface area contributed by atoms with Crippen LogP contribution in [0.25, 0.3) is 0 Å². The molecule has 1 saturated carbocycles. The molecule has 2 aliphatic rings. The SMILES string of the molecule is COc1ccc2c(c1)C(NCC1(SC)CCC1)CCC2. The van der Waals surface area contributed by atoms with Crippen LogP contribution in [0.5, 0.6) is 5.75 Å². The maximum absolute atomic E-state index is 5.40. The number of hydrogen-bond acceptors (Lipinski definition) is 3. The average molecular weight is 291 g/mol. The Kier molecular flexibility index (Phi) is 4.27. The molecule has 0 heterocycles. The fourth-order valence-corrected chi connectivity index (χ4v) is 4.37. The van der Waals surface area contributed by atoms with Crippen molar-refractivity contribution in [2.75, 3.05) is 19.9 Å². The van der Waals surface area contributed by atoms with E-state index in [1.165, 1.54) is 49.7 Å². The van der Waals surface area contributed by atoms with Crippen LogP contribution < -0.4 is 10.1 Å². The molecule has 1 atom stereocenters. The predicted molar refractivity (Wildman–Crippen MR) is 86.8 cm³/mol. The van der Waals surface area contributed by atoms with Crippen LogP contribution in [-0.4, -0.2) is 24.7 Å². The highest BCUT2D eigenvalue weighted by atomic mass is 32.2. The number of benzene rings is 1. The highest BCUT2D eigenvalue weighted by molar-refractivity contribution is 8.00. The molecule has 0 saturated heterocycles. The van der Waals surface area contributed by atoms with Crippen molar-refractivity contribution in [3.05, 3.63) is 29.3 Å². The predicted octanol–water partition coefficient (Wildman–Crippen LogP) is 3.95. The van der Waals surface area contributed by atoms with E-state index in [2.05, 4.69) is 29.8 Å². The molecule has 2 nitrogen and oxygen atoms in total. The van der Waals surface area contributed by atoms with E-state index in [1.807, 2.05) is 11.8 Å². The van der Waals surface area contributed by atoms with Gasteiger partial charge in [-0.2, -0.15) is 11.8 Å². The molecule has 20 heavy (non-hydrogen) atoms. The molecule has 3 rings (SSSR count). The quantitative estimate of drug-likeness (QED) is 0.887. The largest absolute Gasteiger partial charge is 0.497 e. The van der Waals surface area contributed by atoms with Crippen molar-refractivity contribution in [1.29, 1.82) is 0 Å². The molecule has 1 aromatic carbocycles. The summed E-state index contributed by atoms with van der Waals surface area (Å²) in [6.07, 6.45) is 10.2. The van der Waals surface area contributed by atoms with Gasteiger partial charge in [-0.15, -0.1) is 0 Å². The van der Waals surface area contributed by atoms with Crippen molar-refractivity contribution >= 4 is 11.8 Å². The van der Waals surface area contributed by atoms with Gasteiger partial charge in [-0.1, -0.05) is 12.5 Å². The Balaban J connectivity index is 1.72. The molecule has 3 heteroatoms. The second-order valence-corrected chi connectivity index (χ2v) is 7.41. The third-order valence-corrected chi connectivity index (χ3v) is 6.45. The molecular formula is C17H25NOS. The Bertz CT molecular complexity index is 465. The minimum atomic E-state index is 0.510. The molecule has 0 bridgehead atoms. The molecule has 2 aliphatic carbocycles. The molecule has 1 aromatic rings. The molecule has 110 valence electrons. The Morgan fingerprint density at radius 3 is 2.85 bits per heavy atom. The first kappa shape index (κ1) is 14.3. The second kappa shape index (κ2) is 5.98. The lowest BCUT2D eigenvalue weighted by Crippen LogP contribution is -2.44. The zero-order valence-corrected chi connectivity index (χ0v) is 13.4. The van der Waals surface area contributed by atoms with Crippen molar-refractivity contribution in [3.8, 4) is 5.75 Å². The Morgan fingerprint density at radius 2 is 2.20 bits per heavy atom. The van der Waals surface area contributed by atoms with E-state index in [0.717, 1.165) is 12.3 Å². The summed E-state index contributed by atoms with van der Waals surface area (Å²) in [7, 11) is 1.75. The van der Waals surface area contributed by atoms with Crippen LogP contribution >= 0.6 is 11.8 Å². The summed E-state index contributed by atoms with van der Waals surface area (Å²) in [4.78, 5) is 0. The minimum Gasteiger partial charge on any atom is -0.497 e. The van der Waals surface area contributed by atoms with Crippen molar-refractivity contribution < 1.29 is 4.74 Å². The van der Waals surface area contributed by atoms with Crippen LogP contribution in [-0.2, 0) is 6.42 Å². The van der Waals surface area contributed by atoms with E-state index in [0.29, 0.717) is 10.8 Å². The van der Waals surface area contributed by atoms with Crippen LogP contribution in [0.3, 0.4) is 0 Å². The fourth-order valence-electron chi connectivity index (χ4n) is 3.45. The number of thioether (sulfide) groups is 1. The first-order valence-electron chi connectivity index (χ1n) is 7.72. The first-order chi connectivity index (χ1) is 9.76. The van der Waals surface area contributed by atoms with Crippen LogP contribution in [0.1, 0.15) is 49.3 Å². The number of aryl methyl sites for hydroxylation is 1. The monoisotopic (exact) mass is 291 g/mol. The van der Waals surface area contributed by atoms with E-state index in [-0.39, 0.29) is 0 Å². The molecule has 0 spiro atoms. The lowest BCUT2D eigenvalue weighted by molar-refractivity contribution is 0.321. The Hall–Kier alpha value is -0.670. The van der Waals surface area contributed by atoms with Gasteiger partial charge in [0.05, 0.1) is 7.11 Å². The summed E-state index contributed by atoms with van der Waals surface area (Å²) in [5.41, 5.74) is 2.97. The van der Waals surface area contributed by atoms with Crippen LogP contribution in [0.2, 0.25) is 0 Å².